The lowest BCUT2D eigenvalue weighted by Gasteiger charge is -2.15. The smallest absolute Gasteiger partial charge is 0.244 e. The fraction of sp³-hybridized carbons (Fsp3) is 0.333. The molecule has 0 bridgehead atoms. The van der Waals surface area contributed by atoms with Crippen LogP contribution in [-0.2, 0) is 9.59 Å². The molecule has 1 saturated heterocycles. The number of nitrogens with one attached hydrogen (secondary N) is 1. The Morgan fingerprint density at radius 2 is 2.28 bits per heavy atom. The lowest BCUT2D eigenvalue weighted by atomic mass is 10.3. The maximum atomic E-state index is 13.0. The van der Waals surface area contributed by atoms with E-state index in [2.05, 4.69) is 21.2 Å². The van der Waals surface area contributed by atoms with Crippen LogP contribution in [0.15, 0.2) is 22.7 Å². The highest BCUT2D eigenvalue weighted by Crippen LogP contribution is 2.23. The molecule has 96 valence electrons. The molecular weight excluding hydrogens is 303 g/mol. The summed E-state index contributed by atoms with van der Waals surface area (Å²) in [6, 6.07) is 4.05. The van der Waals surface area contributed by atoms with Crippen LogP contribution in [0, 0.1) is 5.82 Å². The van der Waals surface area contributed by atoms with Crippen molar-refractivity contribution >= 4 is 33.4 Å². The second-order valence-electron chi connectivity index (χ2n) is 4.09. The lowest BCUT2D eigenvalue weighted by molar-refractivity contribution is -0.131. The molecule has 0 radical (unpaired) electrons. The van der Waals surface area contributed by atoms with Crippen molar-refractivity contribution in [1.29, 1.82) is 0 Å². The predicted octanol–water partition coefficient (Wildman–Crippen LogP) is 2.15. The highest BCUT2D eigenvalue weighted by Gasteiger charge is 2.22. The summed E-state index contributed by atoms with van der Waals surface area (Å²) < 4.78 is 13.6. The van der Waals surface area contributed by atoms with E-state index in [9.17, 15) is 14.0 Å². The summed E-state index contributed by atoms with van der Waals surface area (Å²) in [4.78, 5) is 24.6. The highest BCUT2D eigenvalue weighted by atomic mass is 79.9. The minimum Gasteiger partial charge on any atom is -0.333 e. The molecule has 2 rings (SSSR count). The second-order valence-corrected chi connectivity index (χ2v) is 4.95. The standard InChI is InChI=1S/C12H12BrFN2O2/c13-9-4-3-8(14)6-10(9)15-11(17)7-16-5-1-2-12(16)18/h3-4,6H,1-2,5,7H2,(H,15,17). The van der Waals surface area contributed by atoms with Crippen molar-refractivity contribution in [2.75, 3.05) is 18.4 Å². The fourth-order valence-electron chi connectivity index (χ4n) is 1.83. The number of carbonyl (C=O) groups is 2. The molecule has 1 fully saturated rings. The van der Waals surface area contributed by atoms with E-state index in [0.717, 1.165) is 6.42 Å². The van der Waals surface area contributed by atoms with Gasteiger partial charge < -0.3 is 10.2 Å². The van der Waals surface area contributed by atoms with E-state index in [1.165, 1.54) is 23.1 Å². The molecule has 4 nitrogen and oxygen atoms in total. The number of anilines is 1. The monoisotopic (exact) mass is 314 g/mol. The largest absolute Gasteiger partial charge is 0.333 e. The van der Waals surface area contributed by atoms with Crippen LogP contribution in [0.2, 0.25) is 0 Å². The Balaban J connectivity index is 1.98. The van der Waals surface area contributed by atoms with Gasteiger partial charge in [-0.1, -0.05) is 0 Å². The number of benzene rings is 1. The zero-order valence-corrected chi connectivity index (χ0v) is 11.2. The van der Waals surface area contributed by atoms with Crippen molar-refractivity contribution in [3.05, 3.63) is 28.5 Å². The van der Waals surface area contributed by atoms with Crippen LogP contribution >= 0.6 is 15.9 Å². The summed E-state index contributed by atoms with van der Waals surface area (Å²) in [6.45, 7) is 0.623. The molecule has 1 aliphatic rings. The molecule has 1 heterocycles. The SMILES string of the molecule is O=C(CN1CCCC1=O)Nc1cc(F)ccc1Br. The maximum absolute atomic E-state index is 13.0. The molecule has 6 heteroatoms. The number of hydrogen-bond donors (Lipinski definition) is 1. The van der Waals surface area contributed by atoms with E-state index >= 15 is 0 Å². The van der Waals surface area contributed by atoms with Crippen LogP contribution in [0.25, 0.3) is 0 Å². The van der Waals surface area contributed by atoms with Gasteiger partial charge in [0, 0.05) is 17.4 Å². The topological polar surface area (TPSA) is 49.4 Å². The summed E-state index contributed by atoms with van der Waals surface area (Å²) in [7, 11) is 0. The Labute approximate surface area is 112 Å². The van der Waals surface area contributed by atoms with Gasteiger partial charge >= 0.3 is 0 Å². The van der Waals surface area contributed by atoms with Gasteiger partial charge in [0.1, 0.15) is 5.82 Å². The first-order valence-corrected chi connectivity index (χ1v) is 6.38. The number of carbonyl (C=O) groups excluding carboxylic acids is 2. The first-order chi connectivity index (χ1) is 8.56. The van der Waals surface area contributed by atoms with Gasteiger partial charge in [-0.25, -0.2) is 4.39 Å². The zero-order chi connectivity index (χ0) is 13.1. The lowest BCUT2D eigenvalue weighted by Crippen LogP contribution is -2.34. The van der Waals surface area contributed by atoms with Crippen LogP contribution in [-0.4, -0.2) is 29.8 Å². The molecule has 18 heavy (non-hydrogen) atoms. The fourth-order valence-corrected chi connectivity index (χ4v) is 2.17. The van der Waals surface area contributed by atoms with Gasteiger partial charge in [0.15, 0.2) is 0 Å². The quantitative estimate of drug-likeness (QED) is 0.929. The second kappa shape index (κ2) is 5.48. The van der Waals surface area contributed by atoms with Gasteiger partial charge in [-0.3, -0.25) is 9.59 Å². The third kappa shape index (κ3) is 3.07. The van der Waals surface area contributed by atoms with E-state index in [0.29, 0.717) is 23.1 Å². The summed E-state index contributed by atoms with van der Waals surface area (Å²) in [5.74, 6) is -0.759. The number of hydrogen-bond acceptors (Lipinski definition) is 2. The van der Waals surface area contributed by atoms with E-state index in [1.54, 1.807) is 0 Å². The summed E-state index contributed by atoms with van der Waals surface area (Å²) in [6.07, 6.45) is 1.28. The van der Waals surface area contributed by atoms with E-state index < -0.39 is 5.82 Å². The van der Waals surface area contributed by atoms with E-state index in [1.807, 2.05) is 0 Å². The van der Waals surface area contributed by atoms with Crippen molar-refractivity contribution in [2.45, 2.75) is 12.8 Å². The molecule has 1 aromatic carbocycles. The van der Waals surface area contributed by atoms with Gasteiger partial charge in [-0.2, -0.15) is 0 Å². The number of nitrogens with zero attached hydrogens (tertiary/aromatic N) is 1. The Kier molecular flexibility index (Phi) is 3.96. The Bertz CT molecular complexity index is 493. The average Bonchev–Trinajstić information content (AvgIpc) is 2.70. The van der Waals surface area contributed by atoms with Gasteiger partial charge in [0.25, 0.3) is 0 Å². The molecule has 0 saturated carbocycles. The minimum absolute atomic E-state index is 0.0107. The Morgan fingerprint density at radius 1 is 1.50 bits per heavy atom. The summed E-state index contributed by atoms with van der Waals surface area (Å²) >= 11 is 3.22. The third-order valence-electron chi connectivity index (χ3n) is 2.71. The van der Waals surface area contributed by atoms with Crippen molar-refractivity contribution in [2.24, 2.45) is 0 Å². The first kappa shape index (κ1) is 13.0. The minimum atomic E-state index is -0.425. The zero-order valence-electron chi connectivity index (χ0n) is 9.58. The first-order valence-electron chi connectivity index (χ1n) is 5.59. The number of halogens is 2. The number of amides is 2. The predicted molar refractivity (Wildman–Crippen MR) is 68.5 cm³/mol. The molecule has 1 N–H and O–H groups in total. The normalized spacial score (nSPS) is 15.0. The Morgan fingerprint density at radius 3 is 2.94 bits per heavy atom. The number of likely N-dealkylation sites (tertiary alicyclic amines) is 1. The van der Waals surface area contributed by atoms with Crippen LogP contribution in [0.5, 0.6) is 0 Å². The van der Waals surface area contributed by atoms with E-state index in [-0.39, 0.29) is 18.4 Å². The van der Waals surface area contributed by atoms with Crippen LogP contribution < -0.4 is 5.32 Å². The van der Waals surface area contributed by atoms with Gasteiger partial charge in [0.05, 0.1) is 12.2 Å². The maximum Gasteiger partial charge on any atom is 0.244 e. The van der Waals surface area contributed by atoms with Crippen LogP contribution in [0.4, 0.5) is 10.1 Å². The molecule has 2 amide bonds. The molecule has 1 aromatic rings. The molecular formula is C12H12BrFN2O2. The summed E-state index contributed by atoms with van der Waals surface area (Å²) in [5, 5.41) is 2.58. The third-order valence-corrected chi connectivity index (χ3v) is 3.40. The van der Waals surface area contributed by atoms with Crippen molar-refractivity contribution < 1.29 is 14.0 Å². The molecule has 0 aliphatic carbocycles. The van der Waals surface area contributed by atoms with Crippen LogP contribution in [0.1, 0.15) is 12.8 Å². The van der Waals surface area contributed by atoms with Crippen molar-refractivity contribution in [3.63, 3.8) is 0 Å². The molecule has 1 aliphatic heterocycles. The molecule has 0 atom stereocenters. The van der Waals surface area contributed by atoms with Crippen molar-refractivity contribution in [3.8, 4) is 0 Å². The molecule has 0 spiro atoms. The van der Waals surface area contributed by atoms with Crippen LogP contribution in [0.3, 0.4) is 0 Å². The van der Waals surface area contributed by atoms with Gasteiger partial charge in [-0.05, 0) is 40.5 Å². The summed E-state index contributed by atoms with van der Waals surface area (Å²) in [5.41, 5.74) is 0.367. The molecule has 0 aromatic heterocycles. The average molecular weight is 315 g/mol. The van der Waals surface area contributed by atoms with Gasteiger partial charge in [-0.15, -0.1) is 0 Å². The van der Waals surface area contributed by atoms with Gasteiger partial charge in [0.2, 0.25) is 11.8 Å². The van der Waals surface area contributed by atoms with E-state index in [4.69, 9.17) is 0 Å². The van der Waals surface area contributed by atoms with Crippen molar-refractivity contribution in [1.82, 2.24) is 4.90 Å². The Hall–Kier alpha value is -1.43. The highest BCUT2D eigenvalue weighted by molar-refractivity contribution is 9.10. The number of rotatable bonds is 3. The molecule has 0 unspecified atom stereocenters.